The fourth-order valence-corrected chi connectivity index (χ4v) is 1.84. The summed E-state index contributed by atoms with van der Waals surface area (Å²) in [4.78, 5) is 15.6. The highest BCUT2D eigenvalue weighted by atomic mass is 35.5. The molecule has 0 atom stereocenters. The van der Waals surface area contributed by atoms with Gasteiger partial charge < -0.3 is 11.1 Å². The van der Waals surface area contributed by atoms with E-state index in [0.717, 1.165) is 0 Å². The molecule has 0 spiro atoms. The molecule has 1 fully saturated rings. The Kier molecular flexibility index (Phi) is 3.29. The van der Waals surface area contributed by atoms with Gasteiger partial charge in [0.25, 0.3) is 5.91 Å². The smallest absolute Gasteiger partial charge is 0.254 e. The van der Waals surface area contributed by atoms with Gasteiger partial charge in [0.15, 0.2) is 0 Å². The molecule has 4 nitrogen and oxygen atoms in total. The fraction of sp³-hybridized carbons (Fsp3) is 0.455. The van der Waals surface area contributed by atoms with E-state index in [4.69, 9.17) is 17.3 Å². The topological polar surface area (TPSA) is 68.0 Å². The lowest BCUT2D eigenvalue weighted by Crippen LogP contribution is -2.32. The van der Waals surface area contributed by atoms with Crippen molar-refractivity contribution in [2.24, 2.45) is 5.92 Å². The zero-order valence-electron chi connectivity index (χ0n) is 8.87. The first-order valence-electron chi connectivity index (χ1n) is 5.36. The van der Waals surface area contributed by atoms with Crippen LogP contribution in [-0.2, 0) is 0 Å². The van der Waals surface area contributed by atoms with E-state index in [1.54, 1.807) is 6.07 Å². The standard InChI is InChI=1S/C11H14ClN3O/c12-10-9(4-8(13)6-14-10)11(16)15-5-7-2-1-3-7/h4,6-7H,1-3,5,13H2,(H,15,16). The molecule has 1 aliphatic rings. The monoisotopic (exact) mass is 239 g/mol. The van der Waals surface area contributed by atoms with Gasteiger partial charge in [-0.1, -0.05) is 18.0 Å². The van der Waals surface area contributed by atoms with Crippen molar-refractivity contribution in [1.29, 1.82) is 0 Å². The zero-order chi connectivity index (χ0) is 11.5. The van der Waals surface area contributed by atoms with Crippen molar-refractivity contribution in [3.05, 3.63) is 23.0 Å². The summed E-state index contributed by atoms with van der Waals surface area (Å²) in [5.41, 5.74) is 6.35. The number of amides is 1. The molecule has 0 saturated heterocycles. The summed E-state index contributed by atoms with van der Waals surface area (Å²) in [6.07, 6.45) is 5.10. The van der Waals surface area contributed by atoms with Crippen LogP contribution < -0.4 is 11.1 Å². The number of nitrogens with two attached hydrogens (primary N) is 1. The first-order valence-corrected chi connectivity index (χ1v) is 5.74. The van der Waals surface area contributed by atoms with Crippen molar-refractivity contribution in [1.82, 2.24) is 10.3 Å². The number of anilines is 1. The van der Waals surface area contributed by atoms with Gasteiger partial charge >= 0.3 is 0 Å². The Labute approximate surface area is 99.2 Å². The molecule has 1 heterocycles. The molecular weight excluding hydrogens is 226 g/mol. The summed E-state index contributed by atoms with van der Waals surface area (Å²) in [7, 11) is 0. The van der Waals surface area contributed by atoms with Gasteiger partial charge in [-0.2, -0.15) is 0 Å². The molecule has 1 aliphatic carbocycles. The van der Waals surface area contributed by atoms with Crippen molar-refractivity contribution in [3.63, 3.8) is 0 Å². The predicted molar refractivity (Wildman–Crippen MR) is 63.3 cm³/mol. The second-order valence-corrected chi connectivity index (χ2v) is 4.47. The molecule has 16 heavy (non-hydrogen) atoms. The van der Waals surface area contributed by atoms with Gasteiger partial charge in [-0.3, -0.25) is 4.79 Å². The first-order chi connectivity index (χ1) is 7.66. The third-order valence-electron chi connectivity index (χ3n) is 2.88. The normalized spacial score (nSPS) is 15.6. The number of nitrogen functional groups attached to an aromatic ring is 1. The summed E-state index contributed by atoms with van der Waals surface area (Å²) >= 11 is 5.83. The first kappa shape index (κ1) is 11.2. The molecule has 2 rings (SSSR count). The van der Waals surface area contributed by atoms with E-state index in [1.165, 1.54) is 25.5 Å². The van der Waals surface area contributed by atoms with E-state index in [9.17, 15) is 4.79 Å². The molecule has 0 bridgehead atoms. The molecular formula is C11H14ClN3O. The number of halogens is 1. The molecule has 0 aliphatic heterocycles. The Morgan fingerprint density at radius 1 is 1.62 bits per heavy atom. The maximum atomic E-state index is 11.8. The molecule has 1 aromatic rings. The average molecular weight is 240 g/mol. The van der Waals surface area contributed by atoms with Crippen molar-refractivity contribution >= 4 is 23.2 Å². The maximum absolute atomic E-state index is 11.8. The molecule has 0 unspecified atom stereocenters. The van der Waals surface area contributed by atoms with Crippen LogP contribution in [0.15, 0.2) is 12.3 Å². The second kappa shape index (κ2) is 4.70. The quantitative estimate of drug-likeness (QED) is 0.791. The minimum atomic E-state index is -0.198. The van der Waals surface area contributed by atoms with Gasteiger partial charge in [0.1, 0.15) is 5.15 Å². The molecule has 1 saturated carbocycles. The minimum absolute atomic E-state index is 0.195. The summed E-state index contributed by atoms with van der Waals surface area (Å²) in [6, 6.07) is 1.55. The number of carbonyl (C=O) groups excluding carboxylic acids is 1. The van der Waals surface area contributed by atoms with Crippen LogP contribution in [0.4, 0.5) is 5.69 Å². The Balaban J connectivity index is 1.99. The summed E-state index contributed by atoms with van der Waals surface area (Å²) in [5.74, 6) is 0.424. The number of pyridine rings is 1. The van der Waals surface area contributed by atoms with Gasteiger partial charge in [-0.05, 0) is 24.8 Å². The Morgan fingerprint density at radius 3 is 3.00 bits per heavy atom. The number of aromatic nitrogens is 1. The molecule has 86 valence electrons. The zero-order valence-corrected chi connectivity index (χ0v) is 9.63. The third-order valence-corrected chi connectivity index (χ3v) is 3.18. The van der Waals surface area contributed by atoms with E-state index in [0.29, 0.717) is 23.7 Å². The summed E-state index contributed by atoms with van der Waals surface area (Å²) in [6.45, 7) is 0.712. The fourth-order valence-electron chi connectivity index (χ4n) is 1.65. The van der Waals surface area contributed by atoms with Crippen molar-refractivity contribution in [2.45, 2.75) is 19.3 Å². The number of rotatable bonds is 3. The summed E-state index contributed by atoms with van der Waals surface area (Å²) in [5, 5.41) is 3.04. The van der Waals surface area contributed by atoms with Crippen LogP contribution in [-0.4, -0.2) is 17.4 Å². The molecule has 1 amide bonds. The second-order valence-electron chi connectivity index (χ2n) is 4.11. The molecule has 1 aromatic heterocycles. The van der Waals surface area contributed by atoms with Crippen LogP contribution in [0.5, 0.6) is 0 Å². The van der Waals surface area contributed by atoms with Gasteiger partial charge in [0.2, 0.25) is 0 Å². The molecule has 5 heteroatoms. The highest BCUT2D eigenvalue weighted by Crippen LogP contribution is 2.25. The molecule has 0 aromatic carbocycles. The lowest BCUT2D eigenvalue weighted by atomic mass is 9.85. The molecule has 3 N–H and O–H groups in total. The molecule has 0 radical (unpaired) electrons. The number of hydrogen-bond donors (Lipinski definition) is 2. The number of hydrogen-bond acceptors (Lipinski definition) is 3. The van der Waals surface area contributed by atoms with Gasteiger partial charge in [-0.25, -0.2) is 4.98 Å². The van der Waals surface area contributed by atoms with Gasteiger partial charge in [0.05, 0.1) is 17.4 Å². The lowest BCUT2D eigenvalue weighted by Gasteiger charge is -2.25. The van der Waals surface area contributed by atoms with E-state index in [1.807, 2.05) is 0 Å². The lowest BCUT2D eigenvalue weighted by molar-refractivity contribution is 0.0939. The van der Waals surface area contributed by atoms with Crippen LogP contribution in [0.1, 0.15) is 29.6 Å². The predicted octanol–water partition coefficient (Wildman–Crippen LogP) is 1.85. The Hall–Kier alpha value is -1.29. The average Bonchev–Trinajstić information content (AvgIpc) is 2.19. The Morgan fingerprint density at radius 2 is 2.38 bits per heavy atom. The van der Waals surface area contributed by atoms with Crippen molar-refractivity contribution < 1.29 is 4.79 Å². The van der Waals surface area contributed by atoms with Crippen LogP contribution in [0.25, 0.3) is 0 Å². The highest BCUT2D eigenvalue weighted by Gasteiger charge is 2.19. The van der Waals surface area contributed by atoms with Crippen LogP contribution >= 0.6 is 11.6 Å². The van der Waals surface area contributed by atoms with Gasteiger partial charge in [0, 0.05) is 6.54 Å². The SMILES string of the molecule is Nc1cnc(Cl)c(C(=O)NCC2CCC2)c1. The largest absolute Gasteiger partial charge is 0.397 e. The number of nitrogens with zero attached hydrogens (tertiary/aromatic N) is 1. The van der Waals surface area contributed by atoms with Crippen LogP contribution in [0.2, 0.25) is 5.15 Å². The van der Waals surface area contributed by atoms with E-state index in [2.05, 4.69) is 10.3 Å². The maximum Gasteiger partial charge on any atom is 0.254 e. The van der Waals surface area contributed by atoms with E-state index in [-0.39, 0.29) is 11.1 Å². The van der Waals surface area contributed by atoms with E-state index < -0.39 is 0 Å². The van der Waals surface area contributed by atoms with Crippen molar-refractivity contribution in [3.8, 4) is 0 Å². The number of nitrogens with one attached hydrogen (secondary N) is 1. The van der Waals surface area contributed by atoms with Gasteiger partial charge in [-0.15, -0.1) is 0 Å². The van der Waals surface area contributed by atoms with Crippen molar-refractivity contribution in [2.75, 3.05) is 12.3 Å². The Bertz CT molecular complexity index is 404. The van der Waals surface area contributed by atoms with Crippen LogP contribution in [0, 0.1) is 5.92 Å². The highest BCUT2D eigenvalue weighted by molar-refractivity contribution is 6.32. The summed E-state index contributed by atoms with van der Waals surface area (Å²) < 4.78 is 0. The number of carbonyl (C=O) groups is 1. The minimum Gasteiger partial charge on any atom is -0.397 e. The third kappa shape index (κ3) is 2.44. The van der Waals surface area contributed by atoms with E-state index >= 15 is 0 Å². The van der Waals surface area contributed by atoms with Crippen LogP contribution in [0.3, 0.4) is 0 Å².